The fourth-order valence-electron chi connectivity index (χ4n) is 2.73. The summed E-state index contributed by atoms with van der Waals surface area (Å²) in [5, 5.41) is 3.76. The van der Waals surface area contributed by atoms with Gasteiger partial charge in [0, 0.05) is 20.2 Å². The van der Waals surface area contributed by atoms with E-state index in [1.165, 1.54) is 11.8 Å². The van der Waals surface area contributed by atoms with Gasteiger partial charge in [-0.2, -0.15) is 0 Å². The van der Waals surface area contributed by atoms with Crippen LogP contribution in [0.5, 0.6) is 5.75 Å². The van der Waals surface area contributed by atoms with E-state index in [0.29, 0.717) is 25.4 Å². The van der Waals surface area contributed by atoms with Gasteiger partial charge in [0.15, 0.2) is 5.16 Å². The highest BCUT2D eigenvalue weighted by molar-refractivity contribution is 7.99. The average Bonchev–Trinajstić information content (AvgIpc) is 3.06. The molecule has 27 heavy (non-hydrogen) atoms. The molecule has 6 nitrogen and oxygen atoms in total. The summed E-state index contributed by atoms with van der Waals surface area (Å²) < 4.78 is 12.5. The van der Waals surface area contributed by atoms with Gasteiger partial charge in [0.25, 0.3) is 0 Å². The van der Waals surface area contributed by atoms with Crippen molar-refractivity contribution >= 4 is 28.7 Å². The first-order valence-corrected chi connectivity index (χ1v) is 9.66. The molecule has 0 saturated heterocycles. The number of ether oxygens (including phenoxy) is 2. The minimum absolute atomic E-state index is 0.0341. The van der Waals surface area contributed by atoms with E-state index >= 15 is 0 Å². The van der Waals surface area contributed by atoms with Crippen molar-refractivity contribution in [2.24, 2.45) is 0 Å². The molecule has 0 unspecified atom stereocenters. The van der Waals surface area contributed by atoms with Crippen LogP contribution in [0.25, 0.3) is 11.0 Å². The van der Waals surface area contributed by atoms with E-state index in [4.69, 9.17) is 9.47 Å². The summed E-state index contributed by atoms with van der Waals surface area (Å²) in [4.78, 5) is 16.9. The van der Waals surface area contributed by atoms with Gasteiger partial charge in [-0.15, -0.1) is 0 Å². The number of carbonyl (C=O) groups is 1. The minimum atomic E-state index is -0.0341. The molecule has 1 aromatic heterocycles. The van der Waals surface area contributed by atoms with E-state index in [2.05, 4.69) is 14.9 Å². The molecule has 0 aliphatic rings. The van der Waals surface area contributed by atoms with E-state index in [-0.39, 0.29) is 5.91 Å². The molecule has 3 aromatic rings. The lowest BCUT2D eigenvalue weighted by Crippen LogP contribution is -2.24. The van der Waals surface area contributed by atoms with Crippen LogP contribution in [0.1, 0.15) is 5.56 Å². The third kappa shape index (κ3) is 5.02. The Balaban J connectivity index is 1.61. The molecule has 1 N–H and O–H groups in total. The zero-order valence-corrected chi connectivity index (χ0v) is 16.3. The van der Waals surface area contributed by atoms with Crippen molar-refractivity contribution in [3.8, 4) is 5.75 Å². The standard InChI is InChI=1S/C20H23N3O3S/c1-25-11-10-23-18-9-4-3-8-17(18)22-20(23)27-14-19(24)21-13-15-6-5-7-16(12-15)26-2/h3-9,12H,10-11,13-14H2,1-2H3,(H,21,24). The molecular formula is C20H23N3O3S. The number of hydrogen-bond donors (Lipinski definition) is 1. The Morgan fingerprint density at radius 2 is 2.04 bits per heavy atom. The highest BCUT2D eigenvalue weighted by Gasteiger charge is 2.12. The molecule has 0 aliphatic heterocycles. The van der Waals surface area contributed by atoms with Gasteiger partial charge in [-0.05, 0) is 29.8 Å². The number of rotatable bonds is 9. The van der Waals surface area contributed by atoms with Crippen LogP contribution in [0.4, 0.5) is 0 Å². The molecule has 0 radical (unpaired) electrons. The van der Waals surface area contributed by atoms with Crippen LogP contribution < -0.4 is 10.1 Å². The van der Waals surface area contributed by atoms with Gasteiger partial charge in [0.05, 0.1) is 30.5 Å². The summed E-state index contributed by atoms with van der Waals surface area (Å²) in [6, 6.07) is 15.6. The molecule has 1 amide bonds. The number of hydrogen-bond acceptors (Lipinski definition) is 5. The predicted octanol–water partition coefficient (Wildman–Crippen LogP) is 3.10. The zero-order chi connectivity index (χ0) is 19.1. The van der Waals surface area contributed by atoms with Crippen LogP contribution in [0.3, 0.4) is 0 Å². The minimum Gasteiger partial charge on any atom is -0.497 e. The van der Waals surface area contributed by atoms with Crippen LogP contribution in [0, 0.1) is 0 Å². The van der Waals surface area contributed by atoms with Gasteiger partial charge in [-0.25, -0.2) is 4.98 Å². The summed E-state index contributed by atoms with van der Waals surface area (Å²) in [5.74, 6) is 1.05. The Bertz CT molecular complexity index is 910. The van der Waals surface area contributed by atoms with Crippen molar-refractivity contribution in [3.05, 3.63) is 54.1 Å². The Morgan fingerprint density at radius 3 is 2.85 bits per heavy atom. The van der Waals surface area contributed by atoms with E-state index in [1.54, 1.807) is 14.2 Å². The highest BCUT2D eigenvalue weighted by Crippen LogP contribution is 2.24. The molecule has 0 aliphatic carbocycles. The smallest absolute Gasteiger partial charge is 0.230 e. The number of thioether (sulfide) groups is 1. The molecule has 2 aromatic carbocycles. The van der Waals surface area contributed by atoms with E-state index in [1.807, 2.05) is 48.5 Å². The van der Waals surface area contributed by atoms with Crippen molar-refractivity contribution in [1.29, 1.82) is 0 Å². The quantitative estimate of drug-likeness (QED) is 0.574. The first-order valence-electron chi connectivity index (χ1n) is 8.68. The SMILES string of the molecule is COCCn1c(SCC(=O)NCc2cccc(OC)c2)nc2ccccc21. The van der Waals surface area contributed by atoms with Gasteiger partial charge >= 0.3 is 0 Å². The van der Waals surface area contributed by atoms with Gasteiger partial charge in [-0.1, -0.05) is 36.0 Å². The van der Waals surface area contributed by atoms with Crippen molar-refractivity contribution in [3.63, 3.8) is 0 Å². The Morgan fingerprint density at radius 1 is 1.19 bits per heavy atom. The molecule has 3 rings (SSSR count). The van der Waals surface area contributed by atoms with Crippen LogP contribution in [-0.4, -0.2) is 42.0 Å². The second-order valence-electron chi connectivity index (χ2n) is 5.94. The van der Waals surface area contributed by atoms with Crippen LogP contribution >= 0.6 is 11.8 Å². The number of imidazole rings is 1. The summed E-state index contributed by atoms with van der Waals surface area (Å²) in [6.07, 6.45) is 0. The zero-order valence-electron chi connectivity index (χ0n) is 15.5. The van der Waals surface area contributed by atoms with Gasteiger partial charge in [-0.3, -0.25) is 4.79 Å². The van der Waals surface area contributed by atoms with Gasteiger partial charge < -0.3 is 19.4 Å². The van der Waals surface area contributed by atoms with Crippen molar-refractivity contribution in [1.82, 2.24) is 14.9 Å². The summed E-state index contributed by atoms with van der Waals surface area (Å²) in [6.45, 7) is 1.76. The molecule has 0 atom stereocenters. The fourth-order valence-corrected chi connectivity index (χ4v) is 3.60. The number of methoxy groups -OCH3 is 2. The van der Waals surface area contributed by atoms with Crippen LogP contribution in [0.15, 0.2) is 53.7 Å². The first-order chi connectivity index (χ1) is 13.2. The highest BCUT2D eigenvalue weighted by atomic mass is 32.2. The number of fused-ring (bicyclic) bond motifs is 1. The lowest BCUT2D eigenvalue weighted by molar-refractivity contribution is -0.118. The molecule has 0 fully saturated rings. The predicted molar refractivity (Wildman–Crippen MR) is 107 cm³/mol. The normalized spacial score (nSPS) is 10.9. The number of benzene rings is 2. The molecule has 142 valence electrons. The van der Waals surface area contributed by atoms with E-state index in [9.17, 15) is 4.79 Å². The third-order valence-corrected chi connectivity index (χ3v) is 5.07. The van der Waals surface area contributed by atoms with E-state index < -0.39 is 0 Å². The maximum atomic E-state index is 12.3. The number of aromatic nitrogens is 2. The molecule has 0 bridgehead atoms. The van der Waals surface area contributed by atoms with Crippen molar-refractivity contribution in [2.45, 2.75) is 18.2 Å². The molecule has 0 spiro atoms. The summed E-state index contributed by atoms with van der Waals surface area (Å²) in [5.41, 5.74) is 2.97. The number of nitrogens with zero attached hydrogens (tertiary/aromatic N) is 2. The van der Waals surface area contributed by atoms with E-state index in [0.717, 1.165) is 27.5 Å². The number of carbonyl (C=O) groups excluding carboxylic acids is 1. The second-order valence-corrected chi connectivity index (χ2v) is 6.89. The number of nitrogens with one attached hydrogen (secondary N) is 1. The summed E-state index contributed by atoms with van der Waals surface area (Å²) >= 11 is 1.43. The lowest BCUT2D eigenvalue weighted by atomic mass is 10.2. The Hall–Kier alpha value is -2.51. The second kappa shape index (κ2) is 9.43. The molecule has 1 heterocycles. The molecular weight excluding hydrogens is 362 g/mol. The topological polar surface area (TPSA) is 65.4 Å². The van der Waals surface area contributed by atoms with Crippen molar-refractivity contribution in [2.75, 3.05) is 26.6 Å². The lowest BCUT2D eigenvalue weighted by Gasteiger charge is -2.09. The van der Waals surface area contributed by atoms with Crippen molar-refractivity contribution < 1.29 is 14.3 Å². The van der Waals surface area contributed by atoms with Gasteiger partial charge in [0.1, 0.15) is 5.75 Å². The first kappa shape index (κ1) is 19.3. The number of para-hydroxylation sites is 2. The van der Waals surface area contributed by atoms with Crippen LogP contribution in [-0.2, 0) is 22.6 Å². The Kier molecular flexibility index (Phi) is 6.73. The summed E-state index contributed by atoms with van der Waals surface area (Å²) in [7, 11) is 3.31. The third-order valence-electron chi connectivity index (χ3n) is 4.09. The monoisotopic (exact) mass is 385 g/mol. The van der Waals surface area contributed by atoms with Gasteiger partial charge in [0.2, 0.25) is 5.91 Å². The maximum absolute atomic E-state index is 12.3. The fraction of sp³-hybridized carbons (Fsp3) is 0.300. The average molecular weight is 385 g/mol. The largest absolute Gasteiger partial charge is 0.497 e. The molecule has 7 heteroatoms. The number of amides is 1. The maximum Gasteiger partial charge on any atom is 0.230 e. The Labute approximate surface area is 162 Å². The van der Waals surface area contributed by atoms with Crippen LogP contribution in [0.2, 0.25) is 0 Å². The molecule has 0 saturated carbocycles.